The topological polar surface area (TPSA) is 59.4 Å². The number of aromatic nitrogens is 2. The molecule has 1 saturated heterocycles. The summed E-state index contributed by atoms with van der Waals surface area (Å²) < 4.78 is 7.14. The molecule has 0 aliphatic carbocycles. The van der Waals surface area contributed by atoms with E-state index >= 15 is 0 Å². The molecule has 2 heterocycles. The maximum Gasteiger partial charge on any atom is 0.239 e. The highest BCUT2D eigenvalue weighted by atomic mass is 16.5. The maximum atomic E-state index is 12.3. The van der Waals surface area contributed by atoms with E-state index in [1.54, 1.807) is 0 Å². The first-order chi connectivity index (χ1) is 9.61. The van der Waals surface area contributed by atoms with Gasteiger partial charge in [0.2, 0.25) is 5.91 Å². The minimum absolute atomic E-state index is 0.145. The standard InChI is InChI=1S/C14H24N4O2/c1-4-12-9-13(17(3)16-12)10-15-11(2)14(19)18-5-7-20-8-6-18/h9,11,15H,4-8,10H2,1-3H3. The zero-order valence-corrected chi connectivity index (χ0v) is 12.6. The van der Waals surface area contributed by atoms with Crippen molar-refractivity contribution in [2.45, 2.75) is 32.9 Å². The van der Waals surface area contributed by atoms with E-state index in [1.807, 2.05) is 23.6 Å². The number of aryl methyl sites for hydroxylation is 2. The van der Waals surface area contributed by atoms with Gasteiger partial charge in [0.05, 0.1) is 30.6 Å². The maximum absolute atomic E-state index is 12.3. The first-order valence-electron chi connectivity index (χ1n) is 7.23. The van der Waals surface area contributed by atoms with E-state index in [9.17, 15) is 4.79 Å². The fourth-order valence-electron chi connectivity index (χ4n) is 2.31. The lowest BCUT2D eigenvalue weighted by molar-refractivity contribution is -0.137. The molecular weight excluding hydrogens is 256 g/mol. The van der Waals surface area contributed by atoms with Crippen molar-refractivity contribution in [1.82, 2.24) is 20.0 Å². The first kappa shape index (κ1) is 15.0. The average molecular weight is 280 g/mol. The molecule has 1 fully saturated rings. The van der Waals surface area contributed by atoms with Gasteiger partial charge in [-0.05, 0) is 19.4 Å². The van der Waals surface area contributed by atoms with Crippen molar-refractivity contribution < 1.29 is 9.53 Å². The number of carbonyl (C=O) groups excluding carboxylic acids is 1. The highest BCUT2D eigenvalue weighted by Crippen LogP contribution is 2.05. The quantitative estimate of drug-likeness (QED) is 0.844. The SMILES string of the molecule is CCc1cc(CNC(C)C(=O)N2CCOCC2)n(C)n1. The molecule has 20 heavy (non-hydrogen) atoms. The number of hydrogen-bond donors (Lipinski definition) is 1. The summed E-state index contributed by atoms with van der Waals surface area (Å²) in [5, 5.41) is 7.69. The molecule has 1 atom stereocenters. The Kier molecular flexibility index (Phi) is 5.14. The number of nitrogens with one attached hydrogen (secondary N) is 1. The van der Waals surface area contributed by atoms with Crippen molar-refractivity contribution in [3.8, 4) is 0 Å². The third-order valence-electron chi connectivity index (χ3n) is 3.67. The van der Waals surface area contributed by atoms with Crippen molar-refractivity contribution >= 4 is 5.91 Å². The van der Waals surface area contributed by atoms with Crippen LogP contribution in [0.3, 0.4) is 0 Å². The van der Waals surface area contributed by atoms with Gasteiger partial charge in [0.1, 0.15) is 0 Å². The van der Waals surface area contributed by atoms with Gasteiger partial charge in [-0.25, -0.2) is 0 Å². The summed E-state index contributed by atoms with van der Waals surface area (Å²) in [5.41, 5.74) is 2.18. The summed E-state index contributed by atoms with van der Waals surface area (Å²) in [6.45, 7) is 7.31. The Morgan fingerprint density at radius 1 is 1.50 bits per heavy atom. The second-order valence-corrected chi connectivity index (χ2v) is 5.14. The lowest BCUT2D eigenvalue weighted by Gasteiger charge is -2.29. The molecule has 6 heteroatoms. The van der Waals surface area contributed by atoms with Gasteiger partial charge in [0, 0.05) is 26.7 Å². The summed E-state index contributed by atoms with van der Waals surface area (Å²) in [4.78, 5) is 14.1. The molecular formula is C14H24N4O2. The second-order valence-electron chi connectivity index (χ2n) is 5.14. The van der Waals surface area contributed by atoms with Crippen LogP contribution in [0.4, 0.5) is 0 Å². The number of amides is 1. The predicted octanol–water partition coefficient (Wildman–Crippen LogP) is 0.319. The van der Waals surface area contributed by atoms with Crippen LogP contribution in [0.5, 0.6) is 0 Å². The van der Waals surface area contributed by atoms with E-state index in [4.69, 9.17) is 4.74 Å². The Balaban J connectivity index is 1.85. The summed E-state index contributed by atoms with van der Waals surface area (Å²) >= 11 is 0. The van der Waals surface area contributed by atoms with Crippen LogP contribution in [0.2, 0.25) is 0 Å². The number of rotatable bonds is 5. The number of ether oxygens (including phenoxy) is 1. The molecule has 112 valence electrons. The summed E-state index contributed by atoms with van der Waals surface area (Å²) in [5.74, 6) is 0.145. The van der Waals surface area contributed by atoms with Crippen molar-refractivity contribution in [3.63, 3.8) is 0 Å². The monoisotopic (exact) mass is 280 g/mol. The highest BCUT2D eigenvalue weighted by Gasteiger charge is 2.22. The second kappa shape index (κ2) is 6.85. The van der Waals surface area contributed by atoms with Gasteiger partial charge in [-0.3, -0.25) is 9.48 Å². The largest absolute Gasteiger partial charge is 0.378 e. The molecule has 1 aliphatic rings. The molecule has 1 N–H and O–H groups in total. The van der Waals surface area contributed by atoms with Crippen LogP contribution in [0.15, 0.2) is 6.07 Å². The van der Waals surface area contributed by atoms with E-state index in [2.05, 4.69) is 23.4 Å². The molecule has 1 aliphatic heterocycles. The average Bonchev–Trinajstić information content (AvgIpc) is 2.85. The van der Waals surface area contributed by atoms with Gasteiger partial charge in [0.15, 0.2) is 0 Å². The van der Waals surface area contributed by atoms with Gasteiger partial charge < -0.3 is 15.0 Å². The molecule has 0 bridgehead atoms. The van der Waals surface area contributed by atoms with Crippen molar-refractivity contribution in [1.29, 1.82) is 0 Å². The Morgan fingerprint density at radius 2 is 2.20 bits per heavy atom. The van der Waals surface area contributed by atoms with Crippen molar-refractivity contribution in [3.05, 3.63) is 17.5 Å². The van der Waals surface area contributed by atoms with Crippen LogP contribution in [0, 0.1) is 0 Å². The molecule has 0 radical (unpaired) electrons. The molecule has 0 aromatic carbocycles. The Labute approximate surface area is 120 Å². The van der Waals surface area contributed by atoms with Gasteiger partial charge >= 0.3 is 0 Å². The van der Waals surface area contributed by atoms with E-state index in [0.717, 1.165) is 17.8 Å². The van der Waals surface area contributed by atoms with Crippen LogP contribution >= 0.6 is 0 Å². The molecule has 1 aromatic rings. The Hall–Kier alpha value is -1.40. The zero-order chi connectivity index (χ0) is 14.5. The molecule has 1 aromatic heterocycles. The zero-order valence-electron chi connectivity index (χ0n) is 12.6. The minimum Gasteiger partial charge on any atom is -0.378 e. The third-order valence-corrected chi connectivity index (χ3v) is 3.67. The Bertz CT molecular complexity index is 452. The van der Waals surface area contributed by atoms with Crippen LogP contribution in [-0.4, -0.2) is 52.9 Å². The highest BCUT2D eigenvalue weighted by molar-refractivity contribution is 5.81. The van der Waals surface area contributed by atoms with Crippen LogP contribution < -0.4 is 5.32 Å². The third kappa shape index (κ3) is 3.58. The fraction of sp³-hybridized carbons (Fsp3) is 0.714. The number of morpholine rings is 1. The van der Waals surface area contributed by atoms with Gasteiger partial charge in [-0.15, -0.1) is 0 Å². The van der Waals surface area contributed by atoms with E-state index in [-0.39, 0.29) is 11.9 Å². The van der Waals surface area contributed by atoms with E-state index < -0.39 is 0 Å². The van der Waals surface area contributed by atoms with Crippen molar-refractivity contribution in [2.75, 3.05) is 26.3 Å². The van der Waals surface area contributed by atoms with Gasteiger partial charge in [-0.2, -0.15) is 5.10 Å². The Morgan fingerprint density at radius 3 is 2.80 bits per heavy atom. The summed E-state index contributed by atoms with van der Waals surface area (Å²) in [6, 6.07) is 1.90. The van der Waals surface area contributed by atoms with Crippen LogP contribution in [0.1, 0.15) is 25.2 Å². The number of hydrogen-bond acceptors (Lipinski definition) is 4. The number of nitrogens with zero attached hydrogens (tertiary/aromatic N) is 3. The lowest BCUT2D eigenvalue weighted by Crippen LogP contribution is -2.49. The first-order valence-corrected chi connectivity index (χ1v) is 7.23. The lowest BCUT2D eigenvalue weighted by atomic mass is 10.2. The molecule has 0 spiro atoms. The molecule has 1 amide bonds. The minimum atomic E-state index is -0.187. The van der Waals surface area contributed by atoms with Gasteiger partial charge in [-0.1, -0.05) is 6.92 Å². The molecule has 2 rings (SSSR count). The van der Waals surface area contributed by atoms with Crippen molar-refractivity contribution in [2.24, 2.45) is 7.05 Å². The summed E-state index contributed by atoms with van der Waals surface area (Å²) in [6.07, 6.45) is 0.927. The van der Waals surface area contributed by atoms with E-state index in [0.29, 0.717) is 32.8 Å². The van der Waals surface area contributed by atoms with Gasteiger partial charge in [0.25, 0.3) is 0 Å². The predicted molar refractivity (Wildman–Crippen MR) is 76.3 cm³/mol. The van der Waals surface area contributed by atoms with Crippen LogP contribution in [-0.2, 0) is 29.5 Å². The fourth-order valence-corrected chi connectivity index (χ4v) is 2.31. The number of carbonyl (C=O) groups is 1. The molecule has 1 unspecified atom stereocenters. The summed E-state index contributed by atoms with van der Waals surface area (Å²) in [7, 11) is 1.94. The van der Waals surface area contributed by atoms with E-state index in [1.165, 1.54) is 0 Å². The van der Waals surface area contributed by atoms with Crippen LogP contribution in [0.25, 0.3) is 0 Å². The smallest absolute Gasteiger partial charge is 0.239 e. The molecule has 6 nitrogen and oxygen atoms in total. The normalized spacial score (nSPS) is 17.2. The molecule has 0 saturated carbocycles.